The smallest absolute Gasteiger partial charge is 0.248 e. The van der Waals surface area contributed by atoms with Gasteiger partial charge in [-0.25, -0.2) is 0 Å². The Morgan fingerprint density at radius 1 is 1.17 bits per heavy atom. The van der Waals surface area contributed by atoms with E-state index in [1.54, 1.807) is 12.1 Å². The Morgan fingerprint density at radius 3 is 2.45 bits per heavy atom. The van der Waals surface area contributed by atoms with Crippen LogP contribution in [-0.4, -0.2) is 36.9 Å². The molecular weight excluding hydrogens is 475 g/mol. The van der Waals surface area contributed by atoms with E-state index in [1.165, 1.54) is 5.56 Å². The van der Waals surface area contributed by atoms with Crippen molar-refractivity contribution in [1.82, 2.24) is 10.2 Å². The number of piperidine rings is 1. The van der Waals surface area contributed by atoms with Crippen molar-refractivity contribution in [3.8, 4) is 0 Å². The predicted octanol–water partition coefficient (Wildman–Crippen LogP) is 3.99. The largest absolute Gasteiger partial charge is 0.366 e. The van der Waals surface area contributed by atoms with Crippen molar-refractivity contribution in [2.75, 3.05) is 20.1 Å². The van der Waals surface area contributed by atoms with Gasteiger partial charge in [0.1, 0.15) is 0 Å². The van der Waals surface area contributed by atoms with Gasteiger partial charge in [0.2, 0.25) is 5.91 Å². The minimum absolute atomic E-state index is 0. The summed E-state index contributed by atoms with van der Waals surface area (Å²) in [4.78, 5) is 18.1. The first kappa shape index (κ1) is 23.2. The van der Waals surface area contributed by atoms with E-state index < -0.39 is 5.91 Å². The number of nitrogens with one attached hydrogen (secondary N) is 1. The first-order valence-corrected chi connectivity index (χ1v) is 10.0. The van der Waals surface area contributed by atoms with Crippen LogP contribution in [0.5, 0.6) is 0 Å². The van der Waals surface area contributed by atoms with Crippen LogP contribution in [0.3, 0.4) is 0 Å². The fraction of sp³-hybridized carbons (Fsp3) is 0.391. The number of carbonyl (C=O) groups is 1. The van der Waals surface area contributed by atoms with E-state index in [2.05, 4.69) is 52.5 Å². The molecule has 2 aromatic rings. The molecule has 1 aliphatic rings. The molecule has 0 aliphatic carbocycles. The third-order valence-electron chi connectivity index (χ3n) is 5.69. The molecule has 1 amide bonds. The van der Waals surface area contributed by atoms with Gasteiger partial charge >= 0.3 is 0 Å². The molecule has 1 fully saturated rings. The van der Waals surface area contributed by atoms with Gasteiger partial charge in [-0.1, -0.05) is 55.8 Å². The van der Waals surface area contributed by atoms with Gasteiger partial charge in [0.05, 0.1) is 0 Å². The summed E-state index contributed by atoms with van der Waals surface area (Å²) in [6.45, 7) is 4.95. The van der Waals surface area contributed by atoms with Crippen molar-refractivity contribution in [1.29, 1.82) is 0 Å². The summed E-state index contributed by atoms with van der Waals surface area (Å²) in [6.07, 6.45) is 2.29. The molecule has 29 heavy (non-hydrogen) atoms. The van der Waals surface area contributed by atoms with Gasteiger partial charge in [-0.3, -0.25) is 9.79 Å². The number of carbonyl (C=O) groups excluding carboxylic acids is 1. The maximum Gasteiger partial charge on any atom is 0.248 e. The van der Waals surface area contributed by atoms with Gasteiger partial charge in [-0.2, -0.15) is 0 Å². The number of aliphatic imine (C=N–C) groups is 1. The Kier molecular flexibility index (Phi) is 8.95. The maximum absolute atomic E-state index is 11.2. The Bertz CT molecular complexity index is 807. The lowest BCUT2D eigenvalue weighted by molar-refractivity contribution is 0.100. The van der Waals surface area contributed by atoms with Crippen LogP contribution in [0.4, 0.5) is 0 Å². The van der Waals surface area contributed by atoms with Crippen LogP contribution >= 0.6 is 24.0 Å². The number of rotatable bonds is 5. The van der Waals surface area contributed by atoms with Gasteiger partial charge in [0, 0.05) is 32.2 Å². The van der Waals surface area contributed by atoms with Crippen LogP contribution in [-0.2, 0) is 6.54 Å². The molecule has 0 saturated carbocycles. The molecule has 2 unspecified atom stereocenters. The van der Waals surface area contributed by atoms with Crippen molar-refractivity contribution in [3.05, 3.63) is 71.3 Å². The third-order valence-corrected chi connectivity index (χ3v) is 5.69. The molecule has 156 valence electrons. The number of nitrogens with zero attached hydrogens (tertiary/aromatic N) is 2. The Hall–Kier alpha value is -2.09. The zero-order chi connectivity index (χ0) is 19.9. The molecule has 1 saturated heterocycles. The minimum Gasteiger partial charge on any atom is -0.366 e. The lowest BCUT2D eigenvalue weighted by atomic mass is 9.79. The first-order chi connectivity index (χ1) is 13.6. The van der Waals surface area contributed by atoms with E-state index in [0.29, 0.717) is 23.9 Å². The highest BCUT2D eigenvalue weighted by Crippen LogP contribution is 2.34. The summed E-state index contributed by atoms with van der Waals surface area (Å²) < 4.78 is 0. The molecule has 3 N–H and O–H groups in total. The number of benzene rings is 2. The lowest BCUT2D eigenvalue weighted by Gasteiger charge is -2.40. The average molecular weight is 506 g/mol. The Morgan fingerprint density at radius 2 is 1.86 bits per heavy atom. The molecular formula is C23H31IN4O. The van der Waals surface area contributed by atoms with E-state index in [0.717, 1.165) is 37.5 Å². The molecule has 0 spiro atoms. The van der Waals surface area contributed by atoms with E-state index >= 15 is 0 Å². The number of amides is 1. The number of likely N-dealkylation sites (tertiary alicyclic amines) is 1. The standard InChI is InChI=1S/C23H30N4O.HI/c1-3-18-16-27(14-13-21(18)19-7-5-4-6-8-19)23(25-2)26-15-17-9-11-20(12-10-17)22(24)28;/h4-12,18,21H,3,13-16H2,1-2H3,(H2,24,28)(H,25,26);1H. The van der Waals surface area contributed by atoms with Crippen molar-refractivity contribution < 1.29 is 4.79 Å². The molecule has 2 atom stereocenters. The molecule has 5 nitrogen and oxygen atoms in total. The SMILES string of the molecule is CCC1CN(C(=NC)NCc2ccc(C(N)=O)cc2)CCC1c1ccccc1.I. The van der Waals surface area contributed by atoms with Crippen molar-refractivity contribution in [3.63, 3.8) is 0 Å². The van der Waals surface area contributed by atoms with E-state index in [1.807, 2.05) is 19.2 Å². The van der Waals surface area contributed by atoms with Gasteiger partial charge < -0.3 is 16.0 Å². The maximum atomic E-state index is 11.2. The van der Waals surface area contributed by atoms with Crippen LogP contribution in [0.25, 0.3) is 0 Å². The second kappa shape index (κ2) is 11.2. The highest BCUT2D eigenvalue weighted by atomic mass is 127. The van der Waals surface area contributed by atoms with Crippen molar-refractivity contribution >= 4 is 35.8 Å². The summed E-state index contributed by atoms with van der Waals surface area (Å²) in [5.74, 6) is 1.76. The molecule has 6 heteroatoms. The zero-order valence-electron chi connectivity index (χ0n) is 17.2. The van der Waals surface area contributed by atoms with Crippen molar-refractivity contribution in [2.45, 2.75) is 32.2 Å². The monoisotopic (exact) mass is 506 g/mol. The van der Waals surface area contributed by atoms with Crippen LogP contribution < -0.4 is 11.1 Å². The van der Waals surface area contributed by atoms with Crippen molar-refractivity contribution in [2.24, 2.45) is 16.6 Å². The van der Waals surface area contributed by atoms with E-state index in [9.17, 15) is 4.79 Å². The molecule has 0 aromatic heterocycles. The van der Waals surface area contributed by atoms with Gasteiger partial charge in [0.15, 0.2) is 5.96 Å². The molecule has 0 radical (unpaired) electrons. The highest BCUT2D eigenvalue weighted by Gasteiger charge is 2.30. The number of nitrogens with two attached hydrogens (primary N) is 1. The van der Waals surface area contributed by atoms with Crippen LogP contribution in [0.2, 0.25) is 0 Å². The Balaban J connectivity index is 0.00000300. The quantitative estimate of drug-likeness (QED) is 0.366. The lowest BCUT2D eigenvalue weighted by Crippen LogP contribution is -2.48. The Labute approximate surface area is 190 Å². The molecule has 1 aliphatic heterocycles. The van der Waals surface area contributed by atoms with Gasteiger partial charge in [0.25, 0.3) is 0 Å². The number of halogens is 1. The fourth-order valence-corrected chi connectivity index (χ4v) is 4.08. The number of guanidine groups is 1. The summed E-state index contributed by atoms with van der Waals surface area (Å²) in [5, 5.41) is 3.46. The summed E-state index contributed by atoms with van der Waals surface area (Å²) in [7, 11) is 1.84. The normalized spacial score (nSPS) is 19.4. The van der Waals surface area contributed by atoms with Crippen LogP contribution in [0.1, 0.15) is 47.2 Å². The zero-order valence-corrected chi connectivity index (χ0v) is 19.5. The fourth-order valence-electron chi connectivity index (χ4n) is 4.08. The molecule has 3 rings (SSSR count). The molecule has 2 aromatic carbocycles. The van der Waals surface area contributed by atoms with E-state index in [-0.39, 0.29) is 24.0 Å². The van der Waals surface area contributed by atoms with Crippen LogP contribution in [0, 0.1) is 5.92 Å². The number of hydrogen-bond donors (Lipinski definition) is 2. The summed E-state index contributed by atoms with van der Waals surface area (Å²) in [6, 6.07) is 18.3. The highest BCUT2D eigenvalue weighted by molar-refractivity contribution is 14.0. The predicted molar refractivity (Wildman–Crippen MR) is 130 cm³/mol. The second-order valence-electron chi connectivity index (χ2n) is 7.38. The number of hydrogen-bond acceptors (Lipinski definition) is 2. The summed E-state index contributed by atoms with van der Waals surface area (Å²) >= 11 is 0. The second-order valence-corrected chi connectivity index (χ2v) is 7.38. The topological polar surface area (TPSA) is 70.7 Å². The third kappa shape index (κ3) is 5.95. The van der Waals surface area contributed by atoms with Crippen LogP contribution in [0.15, 0.2) is 59.6 Å². The number of primary amides is 1. The van der Waals surface area contributed by atoms with Gasteiger partial charge in [-0.05, 0) is 41.5 Å². The average Bonchev–Trinajstić information content (AvgIpc) is 2.75. The first-order valence-electron chi connectivity index (χ1n) is 10.0. The van der Waals surface area contributed by atoms with E-state index in [4.69, 9.17) is 5.73 Å². The summed E-state index contributed by atoms with van der Waals surface area (Å²) in [5.41, 5.74) is 8.38. The minimum atomic E-state index is -0.401. The van der Waals surface area contributed by atoms with Gasteiger partial charge in [-0.15, -0.1) is 24.0 Å². The molecule has 1 heterocycles. The molecule has 0 bridgehead atoms.